The third-order valence-electron chi connectivity index (χ3n) is 4.84. The highest BCUT2D eigenvalue weighted by molar-refractivity contribution is 7.80. The lowest BCUT2D eigenvalue weighted by Gasteiger charge is -2.30. The molecule has 1 aliphatic heterocycles. The molecule has 0 spiro atoms. The number of aryl methyl sites for hydroxylation is 1. The first kappa shape index (κ1) is 21.7. The highest BCUT2D eigenvalue weighted by Crippen LogP contribution is 2.28. The first-order chi connectivity index (χ1) is 15.3. The van der Waals surface area contributed by atoms with Gasteiger partial charge in [0.2, 0.25) is 5.11 Å². The Morgan fingerprint density at radius 1 is 1.19 bits per heavy atom. The molecule has 1 unspecified atom stereocenters. The van der Waals surface area contributed by atoms with Gasteiger partial charge in [0, 0.05) is 0 Å². The van der Waals surface area contributed by atoms with Crippen LogP contribution in [0.3, 0.4) is 0 Å². The maximum absolute atomic E-state index is 13.4. The fraction of sp³-hybridized carbons (Fsp3) is 0.190. The SMILES string of the molecule is CC1=NC(=S)N(n2c(CCl)nc3ccccc3c2=O)C(=O)C1N=Nc1ccc(C)cc1O. The number of aliphatic imine (C=N–C) groups is 1. The number of phenolic OH excluding ortho intramolecular Hbond substituents is 1. The van der Waals surface area contributed by atoms with Crippen molar-refractivity contribution in [2.45, 2.75) is 25.8 Å². The number of azo groups is 1. The second-order valence-corrected chi connectivity index (χ2v) is 7.72. The van der Waals surface area contributed by atoms with Crippen molar-refractivity contribution in [3.8, 4) is 5.75 Å². The number of amides is 1. The number of nitrogens with zero attached hydrogens (tertiary/aromatic N) is 6. The van der Waals surface area contributed by atoms with Crippen molar-refractivity contribution in [1.29, 1.82) is 0 Å². The van der Waals surface area contributed by atoms with Gasteiger partial charge < -0.3 is 5.11 Å². The summed E-state index contributed by atoms with van der Waals surface area (Å²) in [6, 6.07) is 10.4. The summed E-state index contributed by atoms with van der Waals surface area (Å²) in [5.74, 6) is -0.715. The zero-order valence-electron chi connectivity index (χ0n) is 17.1. The van der Waals surface area contributed by atoms with E-state index < -0.39 is 17.5 Å². The van der Waals surface area contributed by atoms with Crippen molar-refractivity contribution in [3.05, 3.63) is 64.2 Å². The molecule has 0 fully saturated rings. The third-order valence-corrected chi connectivity index (χ3v) is 5.35. The number of rotatable bonds is 4. The quantitative estimate of drug-likeness (QED) is 0.357. The number of hydrogen-bond donors (Lipinski definition) is 1. The molecule has 0 radical (unpaired) electrons. The molecule has 3 aromatic rings. The summed E-state index contributed by atoms with van der Waals surface area (Å²) in [7, 11) is 0. The van der Waals surface area contributed by atoms with Crippen LogP contribution in [0, 0.1) is 6.92 Å². The molecule has 1 atom stereocenters. The van der Waals surface area contributed by atoms with Gasteiger partial charge in [-0.1, -0.05) is 18.2 Å². The number of fused-ring (bicyclic) bond motifs is 1. The molecule has 11 heteroatoms. The number of hydrogen-bond acceptors (Lipinski definition) is 7. The maximum Gasteiger partial charge on any atom is 0.280 e. The van der Waals surface area contributed by atoms with Crippen LogP contribution in [-0.2, 0) is 10.7 Å². The standard InChI is InChI=1S/C21H17ClN6O3S/c1-11-7-8-15(16(29)9-11)25-26-18-12(2)23-21(32)28(20(18)31)27-17(10-22)24-14-6-4-3-5-13(14)19(27)30/h3-9,18,29H,10H2,1-2H3. The smallest absolute Gasteiger partial charge is 0.280 e. The van der Waals surface area contributed by atoms with Gasteiger partial charge in [-0.2, -0.15) is 19.9 Å². The number of carbonyl (C=O) groups excluding carboxylic acids is 1. The van der Waals surface area contributed by atoms with E-state index in [4.69, 9.17) is 23.8 Å². The van der Waals surface area contributed by atoms with Gasteiger partial charge in [0.05, 0.1) is 22.5 Å². The molecule has 0 saturated heterocycles. The second-order valence-electron chi connectivity index (χ2n) is 7.09. The molecule has 1 amide bonds. The van der Waals surface area contributed by atoms with Gasteiger partial charge in [-0.3, -0.25) is 9.59 Å². The van der Waals surface area contributed by atoms with E-state index in [0.29, 0.717) is 16.6 Å². The Labute approximate surface area is 192 Å². The molecule has 9 nitrogen and oxygen atoms in total. The Hall–Kier alpha value is -3.50. The number of halogens is 1. The van der Waals surface area contributed by atoms with Gasteiger partial charge in [0.25, 0.3) is 11.5 Å². The van der Waals surface area contributed by atoms with Crippen molar-refractivity contribution in [1.82, 2.24) is 9.66 Å². The van der Waals surface area contributed by atoms with Crippen molar-refractivity contribution in [3.63, 3.8) is 0 Å². The molecule has 1 aliphatic rings. The monoisotopic (exact) mass is 468 g/mol. The van der Waals surface area contributed by atoms with Crippen LogP contribution in [-0.4, -0.2) is 37.5 Å². The zero-order chi connectivity index (χ0) is 23.0. The molecule has 0 aliphatic carbocycles. The van der Waals surface area contributed by atoms with E-state index in [9.17, 15) is 14.7 Å². The largest absolute Gasteiger partial charge is 0.506 e. The van der Waals surface area contributed by atoms with Crippen LogP contribution in [0.25, 0.3) is 10.9 Å². The van der Waals surface area contributed by atoms with Crippen molar-refractivity contribution < 1.29 is 9.90 Å². The number of aromatic hydroxyl groups is 1. The van der Waals surface area contributed by atoms with E-state index in [0.717, 1.165) is 15.2 Å². The summed E-state index contributed by atoms with van der Waals surface area (Å²) in [5.41, 5.74) is 1.29. The predicted octanol–water partition coefficient (Wildman–Crippen LogP) is 3.53. The summed E-state index contributed by atoms with van der Waals surface area (Å²) in [6.07, 6.45) is 0. The van der Waals surface area contributed by atoms with Crippen LogP contribution in [0.4, 0.5) is 5.69 Å². The summed E-state index contributed by atoms with van der Waals surface area (Å²) in [5, 5.41) is 19.3. The summed E-state index contributed by atoms with van der Waals surface area (Å²) < 4.78 is 1.03. The number of thiocarbonyl (C=S) groups is 1. The zero-order valence-corrected chi connectivity index (χ0v) is 18.6. The number of benzene rings is 2. The topological polar surface area (TPSA) is 113 Å². The molecular weight excluding hydrogens is 452 g/mol. The summed E-state index contributed by atoms with van der Waals surface area (Å²) in [6.45, 7) is 3.41. The lowest BCUT2D eigenvalue weighted by Crippen LogP contribution is -2.57. The lowest BCUT2D eigenvalue weighted by atomic mass is 10.1. The van der Waals surface area contributed by atoms with Crippen LogP contribution < -0.4 is 10.6 Å². The fourth-order valence-corrected chi connectivity index (χ4v) is 3.75. The third kappa shape index (κ3) is 3.78. The minimum absolute atomic E-state index is 0.0710. The van der Waals surface area contributed by atoms with Crippen molar-refractivity contribution in [2.75, 3.05) is 5.01 Å². The first-order valence-corrected chi connectivity index (χ1v) is 10.5. The molecule has 0 bridgehead atoms. The Balaban J connectivity index is 1.81. The van der Waals surface area contributed by atoms with Gasteiger partial charge in [0.15, 0.2) is 6.04 Å². The summed E-state index contributed by atoms with van der Waals surface area (Å²) in [4.78, 5) is 35.2. The van der Waals surface area contributed by atoms with Gasteiger partial charge in [-0.05, 0) is 55.9 Å². The first-order valence-electron chi connectivity index (χ1n) is 9.52. The van der Waals surface area contributed by atoms with Gasteiger partial charge in [0.1, 0.15) is 17.3 Å². The lowest BCUT2D eigenvalue weighted by molar-refractivity contribution is -0.119. The van der Waals surface area contributed by atoms with E-state index in [2.05, 4.69) is 20.2 Å². The number of alkyl halides is 1. The predicted molar refractivity (Wildman–Crippen MR) is 126 cm³/mol. The minimum Gasteiger partial charge on any atom is -0.506 e. The van der Waals surface area contributed by atoms with Gasteiger partial charge in [-0.25, -0.2) is 9.98 Å². The molecule has 32 heavy (non-hydrogen) atoms. The molecule has 1 N–H and O–H groups in total. The average Bonchev–Trinajstić information content (AvgIpc) is 2.76. The van der Waals surface area contributed by atoms with Crippen molar-refractivity contribution in [2.24, 2.45) is 15.2 Å². The highest BCUT2D eigenvalue weighted by Gasteiger charge is 2.37. The number of aromatic nitrogens is 2. The van der Waals surface area contributed by atoms with Crippen LogP contribution in [0.1, 0.15) is 18.3 Å². The molecule has 2 aromatic carbocycles. The van der Waals surface area contributed by atoms with E-state index in [1.54, 1.807) is 43.3 Å². The van der Waals surface area contributed by atoms with Crippen LogP contribution in [0.15, 0.2) is 62.5 Å². The Bertz CT molecular complexity index is 1380. The number of para-hydroxylation sites is 1. The summed E-state index contributed by atoms with van der Waals surface area (Å²) >= 11 is 11.3. The molecule has 0 saturated carbocycles. The van der Waals surface area contributed by atoms with E-state index >= 15 is 0 Å². The van der Waals surface area contributed by atoms with Gasteiger partial charge >= 0.3 is 0 Å². The average molecular weight is 469 g/mol. The van der Waals surface area contributed by atoms with Crippen LogP contribution in [0.2, 0.25) is 0 Å². The van der Waals surface area contributed by atoms with Crippen molar-refractivity contribution >= 4 is 57.1 Å². The van der Waals surface area contributed by atoms with Gasteiger partial charge in [-0.15, -0.1) is 11.6 Å². The number of phenols is 1. The molecule has 4 rings (SSSR count). The minimum atomic E-state index is -1.15. The van der Waals surface area contributed by atoms with E-state index in [1.807, 2.05) is 6.92 Å². The molecular formula is C21H17ClN6O3S. The molecule has 162 valence electrons. The normalized spacial score (nSPS) is 16.8. The molecule has 2 heterocycles. The Morgan fingerprint density at radius 3 is 2.66 bits per heavy atom. The fourth-order valence-electron chi connectivity index (χ4n) is 3.27. The Morgan fingerprint density at radius 2 is 1.94 bits per heavy atom. The van der Waals surface area contributed by atoms with Crippen LogP contribution >= 0.6 is 23.8 Å². The Kier molecular flexibility index (Phi) is 5.81. The maximum atomic E-state index is 13.4. The van der Waals surface area contributed by atoms with Crippen LogP contribution in [0.5, 0.6) is 5.75 Å². The second kappa shape index (κ2) is 8.56. The molecule has 1 aromatic heterocycles. The number of carbonyl (C=O) groups is 1. The van der Waals surface area contributed by atoms with E-state index in [1.165, 1.54) is 6.07 Å². The highest BCUT2D eigenvalue weighted by atomic mass is 35.5. The van der Waals surface area contributed by atoms with E-state index in [-0.39, 0.29) is 28.3 Å².